The van der Waals surface area contributed by atoms with E-state index in [1.807, 2.05) is 54.7 Å². The fourth-order valence-electron chi connectivity index (χ4n) is 2.33. The lowest BCUT2D eigenvalue weighted by Gasteiger charge is -2.07. The molecule has 0 aliphatic rings. The van der Waals surface area contributed by atoms with E-state index >= 15 is 0 Å². The molecule has 0 N–H and O–H groups in total. The van der Waals surface area contributed by atoms with Gasteiger partial charge >= 0.3 is 0 Å². The second kappa shape index (κ2) is 4.35. The second-order valence-corrected chi connectivity index (χ2v) is 4.45. The SMILES string of the molecule is c1ccc(-n2c(-c3ccco3)nc3ccncc32)cc1. The predicted molar refractivity (Wildman–Crippen MR) is 76.6 cm³/mol. The summed E-state index contributed by atoms with van der Waals surface area (Å²) in [5.41, 5.74) is 2.90. The van der Waals surface area contributed by atoms with Crippen LogP contribution >= 0.6 is 0 Å². The molecule has 3 aromatic heterocycles. The number of hydrogen-bond donors (Lipinski definition) is 0. The Balaban J connectivity index is 2.09. The van der Waals surface area contributed by atoms with Crippen molar-refractivity contribution in [2.75, 3.05) is 0 Å². The van der Waals surface area contributed by atoms with Gasteiger partial charge in [-0.25, -0.2) is 4.98 Å². The molecule has 0 aliphatic carbocycles. The van der Waals surface area contributed by atoms with E-state index in [4.69, 9.17) is 4.42 Å². The van der Waals surface area contributed by atoms with Crippen molar-refractivity contribution in [2.24, 2.45) is 0 Å². The third-order valence-corrected chi connectivity index (χ3v) is 3.21. The highest BCUT2D eigenvalue weighted by atomic mass is 16.3. The van der Waals surface area contributed by atoms with Gasteiger partial charge in [-0.15, -0.1) is 0 Å². The Labute approximate surface area is 115 Å². The van der Waals surface area contributed by atoms with Gasteiger partial charge in [0.2, 0.25) is 0 Å². The Hall–Kier alpha value is -2.88. The Bertz CT molecular complexity index is 848. The van der Waals surface area contributed by atoms with E-state index in [2.05, 4.69) is 14.5 Å². The zero-order chi connectivity index (χ0) is 13.4. The largest absolute Gasteiger partial charge is 0.461 e. The third kappa shape index (κ3) is 1.62. The van der Waals surface area contributed by atoms with Crippen LogP contribution in [0.5, 0.6) is 0 Å². The van der Waals surface area contributed by atoms with Gasteiger partial charge in [0.25, 0.3) is 0 Å². The van der Waals surface area contributed by atoms with E-state index < -0.39 is 0 Å². The molecule has 0 aliphatic heterocycles. The maximum Gasteiger partial charge on any atom is 0.181 e. The van der Waals surface area contributed by atoms with Crippen molar-refractivity contribution in [3.05, 3.63) is 67.2 Å². The summed E-state index contributed by atoms with van der Waals surface area (Å²) in [6.07, 6.45) is 5.22. The van der Waals surface area contributed by atoms with Crippen LogP contribution in [0.15, 0.2) is 71.6 Å². The summed E-state index contributed by atoms with van der Waals surface area (Å²) in [6, 6.07) is 15.8. The summed E-state index contributed by atoms with van der Waals surface area (Å²) in [7, 11) is 0. The van der Waals surface area contributed by atoms with Crippen LogP contribution in [0, 0.1) is 0 Å². The molecule has 0 bridgehead atoms. The van der Waals surface area contributed by atoms with E-state index in [9.17, 15) is 0 Å². The van der Waals surface area contributed by atoms with Gasteiger partial charge in [-0.1, -0.05) is 18.2 Å². The summed E-state index contributed by atoms with van der Waals surface area (Å²) < 4.78 is 7.56. The highest BCUT2D eigenvalue weighted by Crippen LogP contribution is 2.28. The molecule has 4 heteroatoms. The minimum absolute atomic E-state index is 0.741. The highest BCUT2D eigenvalue weighted by molar-refractivity contribution is 5.81. The van der Waals surface area contributed by atoms with Crippen molar-refractivity contribution in [2.45, 2.75) is 0 Å². The number of nitrogens with zero attached hydrogens (tertiary/aromatic N) is 3. The van der Waals surface area contributed by atoms with Crippen molar-refractivity contribution < 1.29 is 4.42 Å². The second-order valence-electron chi connectivity index (χ2n) is 4.45. The van der Waals surface area contributed by atoms with Crippen molar-refractivity contribution in [3.8, 4) is 17.3 Å². The number of benzene rings is 1. The van der Waals surface area contributed by atoms with Crippen LogP contribution in [-0.2, 0) is 0 Å². The number of imidazole rings is 1. The van der Waals surface area contributed by atoms with Crippen LogP contribution in [0.1, 0.15) is 0 Å². The van der Waals surface area contributed by atoms with Crippen LogP contribution in [0.2, 0.25) is 0 Å². The van der Waals surface area contributed by atoms with Gasteiger partial charge in [-0.3, -0.25) is 9.55 Å². The quantitative estimate of drug-likeness (QED) is 0.553. The zero-order valence-electron chi connectivity index (χ0n) is 10.6. The Morgan fingerprint density at radius 2 is 1.85 bits per heavy atom. The lowest BCUT2D eigenvalue weighted by Crippen LogP contribution is -1.96. The van der Waals surface area contributed by atoms with Crippen molar-refractivity contribution in [1.29, 1.82) is 0 Å². The minimum Gasteiger partial charge on any atom is -0.461 e. The third-order valence-electron chi connectivity index (χ3n) is 3.21. The molecule has 0 saturated carbocycles. The average molecular weight is 261 g/mol. The van der Waals surface area contributed by atoms with Gasteiger partial charge in [0.05, 0.1) is 23.5 Å². The van der Waals surface area contributed by atoms with E-state index in [0.717, 1.165) is 28.3 Å². The normalized spacial score (nSPS) is 11.0. The molecule has 1 aromatic carbocycles. The number of fused-ring (bicyclic) bond motifs is 1. The molecular formula is C16H11N3O. The lowest BCUT2D eigenvalue weighted by atomic mass is 10.3. The van der Waals surface area contributed by atoms with Crippen LogP contribution in [-0.4, -0.2) is 14.5 Å². The van der Waals surface area contributed by atoms with Gasteiger partial charge in [0.15, 0.2) is 11.6 Å². The predicted octanol–water partition coefficient (Wildman–Crippen LogP) is 3.68. The van der Waals surface area contributed by atoms with Crippen LogP contribution < -0.4 is 0 Å². The molecule has 0 spiro atoms. The molecule has 3 heterocycles. The maximum atomic E-state index is 5.51. The van der Waals surface area contributed by atoms with Gasteiger partial charge in [-0.05, 0) is 30.3 Å². The monoisotopic (exact) mass is 261 g/mol. The molecule has 96 valence electrons. The number of para-hydroxylation sites is 1. The molecule has 0 atom stereocenters. The first-order chi connectivity index (χ1) is 9.93. The van der Waals surface area contributed by atoms with E-state index in [1.54, 1.807) is 12.5 Å². The Morgan fingerprint density at radius 3 is 2.65 bits per heavy atom. The van der Waals surface area contributed by atoms with Crippen LogP contribution in [0.3, 0.4) is 0 Å². The van der Waals surface area contributed by atoms with Crippen LogP contribution in [0.4, 0.5) is 0 Å². The van der Waals surface area contributed by atoms with Crippen molar-refractivity contribution in [3.63, 3.8) is 0 Å². The summed E-state index contributed by atoms with van der Waals surface area (Å²) in [4.78, 5) is 8.86. The summed E-state index contributed by atoms with van der Waals surface area (Å²) in [5, 5.41) is 0. The Morgan fingerprint density at radius 1 is 0.950 bits per heavy atom. The van der Waals surface area contributed by atoms with Crippen LogP contribution in [0.25, 0.3) is 28.3 Å². The van der Waals surface area contributed by atoms with Gasteiger partial charge in [0, 0.05) is 11.9 Å². The van der Waals surface area contributed by atoms with E-state index in [1.165, 1.54) is 0 Å². The van der Waals surface area contributed by atoms with Gasteiger partial charge < -0.3 is 4.42 Å². The number of rotatable bonds is 2. The molecule has 0 fully saturated rings. The number of furan rings is 1. The molecule has 4 aromatic rings. The van der Waals surface area contributed by atoms with Crippen molar-refractivity contribution in [1.82, 2.24) is 14.5 Å². The fraction of sp³-hybridized carbons (Fsp3) is 0. The lowest BCUT2D eigenvalue weighted by molar-refractivity contribution is 0.576. The molecule has 0 saturated heterocycles. The molecule has 4 nitrogen and oxygen atoms in total. The number of aromatic nitrogens is 3. The van der Waals surface area contributed by atoms with Gasteiger partial charge in [0.1, 0.15) is 0 Å². The first-order valence-corrected chi connectivity index (χ1v) is 6.35. The zero-order valence-corrected chi connectivity index (χ0v) is 10.6. The summed E-state index contributed by atoms with van der Waals surface area (Å²) >= 11 is 0. The summed E-state index contributed by atoms with van der Waals surface area (Å²) in [5.74, 6) is 1.52. The van der Waals surface area contributed by atoms with E-state index in [-0.39, 0.29) is 0 Å². The molecule has 20 heavy (non-hydrogen) atoms. The van der Waals surface area contributed by atoms with Crippen molar-refractivity contribution >= 4 is 11.0 Å². The Kier molecular flexibility index (Phi) is 2.39. The van der Waals surface area contributed by atoms with Gasteiger partial charge in [-0.2, -0.15) is 0 Å². The summed E-state index contributed by atoms with van der Waals surface area (Å²) in [6.45, 7) is 0. The minimum atomic E-state index is 0.741. The maximum absolute atomic E-state index is 5.51. The number of hydrogen-bond acceptors (Lipinski definition) is 3. The molecule has 4 rings (SSSR count). The number of pyridine rings is 1. The average Bonchev–Trinajstić information content (AvgIpc) is 3.15. The smallest absolute Gasteiger partial charge is 0.181 e. The molecule has 0 radical (unpaired) electrons. The first kappa shape index (κ1) is 11.0. The topological polar surface area (TPSA) is 43.9 Å². The fourth-order valence-corrected chi connectivity index (χ4v) is 2.33. The standard InChI is InChI=1S/C16H11N3O/c1-2-5-12(6-3-1)19-14-11-17-9-8-13(14)18-16(19)15-7-4-10-20-15/h1-11H. The first-order valence-electron chi connectivity index (χ1n) is 6.35. The van der Waals surface area contributed by atoms with E-state index in [0.29, 0.717) is 0 Å². The highest BCUT2D eigenvalue weighted by Gasteiger charge is 2.15. The molecule has 0 unspecified atom stereocenters. The molecular weight excluding hydrogens is 250 g/mol. The molecule has 0 amide bonds.